The Kier molecular flexibility index (Phi) is 2.45. The molecule has 0 N–H and O–H groups in total. The zero-order valence-corrected chi connectivity index (χ0v) is 9.53. The summed E-state index contributed by atoms with van der Waals surface area (Å²) in [6.45, 7) is 4.50. The summed E-state index contributed by atoms with van der Waals surface area (Å²) in [7, 11) is 0. The van der Waals surface area contributed by atoms with E-state index in [2.05, 4.69) is 26.0 Å². The zero-order valence-electron chi connectivity index (χ0n) is 5.94. The molecule has 0 bridgehead atoms. The second-order valence-corrected chi connectivity index (χ2v) is 5.04. The molecule has 0 unspecified atom stereocenters. The van der Waals surface area contributed by atoms with Crippen LogP contribution in [0.4, 0.5) is 0 Å². The minimum absolute atomic E-state index is 0.733. The van der Waals surface area contributed by atoms with Gasteiger partial charge in [0.2, 0.25) is 0 Å². The third-order valence-corrected chi connectivity index (χ3v) is 2.82. The summed E-state index contributed by atoms with van der Waals surface area (Å²) in [4.78, 5) is 0. The van der Waals surface area contributed by atoms with Crippen molar-refractivity contribution in [3.8, 4) is 0 Å². The fraction of sp³-hybridized carbons (Fsp3) is 0.500. The summed E-state index contributed by atoms with van der Waals surface area (Å²) in [6.07, 6.45) is 5.95. The maximum absolute atomic E-state index is 2.36. The topological polar surface area (TPSA) is 0 Å². The normalized spacial score (nSPS) is 18.0. The Morgan fingerprint density at radius 1 is 1.56 bits per heavy atom. The molecule has 0 aromatic carbocycles. The van der Waals surface area contributed by atoms with Crippen molar-refractivity contribution in [2.75, 3.05) is 0 Å². The zero-order chi connectivity index (χ0) is 6.85. The van der Waals surface area contributed by atoms with Crippen LogP contribution in [0.3, 0.4) is 0 Å². The van der Waals surface area contributed by atoms with Gasteiger partial charge in [0.05, 0.1) is 0 Å². The van der Waals surface area contributed by atoms with Gasteiger partial charge in [-0.25, -0.2) is 0 Å². The van der Waals surface area contributed by atoms with Crippen molar-refractivity contribution in [2.24, 2.45) is 5.92 Å². The Balaban J connectivity index is 2.64. The molecule has 0 spiro atoms. The molecule has 47 valence electrons. The third kappa shape index (κ3) is 1.89. The summed E-state index contributed by atoms with van der Waals surface area (Å²) in [6, 6.07) is 0. The van der Waals surface area contributed by atoms with Gasteiger partial charge in [-0.15, -0.1) is 0 Å². The minimum atomic E-state index is 0.733. The molecule has 1 aliphatic rings. The van der Waals surface area contributed by atoms with E-state index in [0.29, 0.717) is 0 Å². The number of rotatable bonds is 1. The summed E-state index contributed by atoms with van der Waals surface area (Å²) in [5, 5.41) is 0. The Bertz CT molecular complexity index is 163. The van der Waals surface area contributed by atoms with Gasteiger partial charge in [0.1, 0.15) is 0 Å². The van der Waals surface area contributed by atoms with Crippen LogP contribution in [0.2, 0.25) is 0 Å². The van der Waals surface area contributed by atoms with E-state index in [0.717, 1.165) is 5.92 Å². The molecule has 0 saturated heterocycles. The average Bonchev–Trinajstić information content (AvgIpc) is 2.14. The summed E-state index contributed by atoms with van der Waals surface area (Å²) < 4.78 is 1.64. The molecule has 1 rings (SSSR count). The van der Waals surface area contributed by atoms with Gasteiger partial charge in [-0.05, 0) is 0 Å². The molecule has 1 aliphatic carbocycles. The van der Waals surface area contributed by atoms with E-state index in [1.807, 2.05) is 0 Å². The van der Waals surface area contributed by atoms with Crippen LogP contribution in [-0.4, -0.2) is 0 Å². The van der Waals surface area contributed by atoms with Gasteiger partial charge in [-0.1, -0.05) is 0 Å². The SMILES string of the molecule is CC(C)C1=CC[C]([Hf])=C1. The molecule has 0 amide bonds. The van der Waals surface area contributed by atoms with E-state index >= 15 is 0 Å². The van der Waals surface area contributed by atoms with Crippen LogP contribution in [0, 0.1) is 5.92 Å². The third-order valence-electron chi connectivity index (χ3n) is 1.57. The summed E-state index contributed by atoms with van der Waals surface area (Å²) in [5.74, 6) is 0.733. The van der Waals surface area contributed by atoms with Crippen molar-refractivity contribution >= 4 is 0 Å². The molecule has 0 radical (unpaired) electrons. The van der Waals surface area contributed by atoms with Crippen molar-refractivity contribution in [1.29, 1.82) is 0 Å². The molecule has 0 saturated carbocycles. The molecular weight excluding hydrogens is 275 g/mol. The first-order valence-corrected chi connectivity index (χ1v) is 5.12. The number of hydrogen-bond donors (Lipinski definition) is 0. The summed E-state index contributed by atoms with van der Waals surface area (Å²) >= 11 is 1.25. The molecule has 0 nitrogen and oxygen atoms in total. The number of hydrogen-bond acceptors (Lipinski definition) is 0. The number of allylic oxidation sites excluding steroid dienone is 4. The van der Waals surface area contributed by atoms with Crippen molar-refractivity contribution in [3.05, 3.63) is 21.1 Å². The Hall–Kier alpha value is 0.350. The van der Waals surface area contributed by atoms with E-state index in [-0.39, 0.29) is 0 Å². The van der Waals surface area contributed by atoms with Crippen molar-refractivity contribution in [1.82, 2.24) is 0 Å². The Labute approximate surface area is 71.6 Å². The van der Waals surface area contributed by atoms with Gasteiger partial charge in [-0.3, -0.25) is 0 Å². The maximum atomic E-state index is 2.36. The van der Waals surface area contributed by atoms with E-state index in [9.17, 15) is 0 Å². The first-order valence-electron chi connectivity index (χ1n) is 3.32. The van der Waals surface area contributed by atoms with E-state index in [1.54, 1.807) is 8.90 Å². The van der Waals surface area contributed by atoms with Crippen LogP contribution in [0.5, 0.6) is 0 Å². The molecule has 9 heavy (non-hydrogen) atoms. The predicted octanol–water partition coefficient (Wildman–Crippen LogP) is 2.40. The van der Waals surface area contributed by atoms with E-state index in [1.165, 1.54) is 30.8 Å². The molecule has 0 fully saturated rings. The van der Waals surface area contributed by atoms with E-state index < -0.39 is 0 Å². The second kappa shape index (κ2) is 2.96. The molecular formula is C8H11Hf. The molecule has 0 aliphatic heterocycles. The predicted molar refractivity (Wildman–Crippen MR) is 35.6 cm³/mol. The van der Waals surface area contributed by atoms with Gasteiger partial charge in [0, 0.05) is 0 Å². The monoisotopic (exact) mass is 287 g/mol. The van der Waals surface area contributed by atoms with Crippen molar-refractivity contribution in [3.63, 3.8) is 0 Å². The van der Waals surface area contributed by atoms with Crippen LogP contribution in [0.25, 0.3) is 0 Å². The van der Waals surface area contributed by atoms with Crippen LogP contribution in [0.15, 0.2) is 21.1 Å². The fourth-order valence-corrected chi connectivity index (χ4v) is 1.91. The molecule has 0 aromatic heterocycles. The standard InChI is InChI=1S/C8H11.Hf/c1-7(2)8-5-3-4-6-8;/h5-7H,3H2,1-2H3;. The van der Waals surface area contributed by atoms with Gasteiger partial charge in [-0.2, -0.15) is 0 Å². The second-order valence-electron chi connectivity index (χ2n) is 2.73. The van der Waals surface area contributed by atoms with Crippen molar-refractivity contribution < 1.29 is 24.4 Å². The Morgan fingerprint density at radius 2 is 2.22 bits per heavy atom. The van der Waals surface area contributed by atoms with Crippen LogP contribution >= 0.6 is 0 Å². The van der Waals surface area contributed by atoms with Crippen LogP contribution in [-0.2, 0) is 24.4 Å². The van der Waals surface area contributed by atoms with Crippen LogP contribution < -0.4 is 0 Å². The van der Waals surface area contributed by atoms with Gasteiger partial charge < -0.3 is 0 Å². The Morgan fingerprint density at radius 3 is 2.44 bits per heavy atom. The van der Waals surface area contributed by atoms with Gasteiger partial charge in [0.15, 0.2) is 0 Å². The fourth-order valence-electron chi connectivity index (χ4n) is 0.949. The first-order chi connectivity index (χ1) is 4.20. The molecule has 0 heterocycles. The average molecular weight is 286 g/mol. The quantitative estimate of drug-likeness (QED) is 0.649. The summed E-state index contributed by atoms with van der Waals surface area (Å²) in [5.41, 5.74) is 1.54. The first kappa shape index (κ1) is 7.46. The molecule has 1 heteroatoms. The molecule has 0 aromatic rings. The van der Waals surface area contributed by atoms with Gasteiger partial charge in [0.25, 0.3) is 0 Å². The van der Waals surface area contributed by atoms with Crippen molar-refractivity contribution in [2.45, 2.75) is 20.3 Å². The van der Waals surface area contributed by atoms with E-state index in [4.69, 9.17) is 0 Å². The van der Waals surface area contributed by atoms with Crippen LogP contribution in [0.1, 0.15) is 20.3 Å². The molecule has 0 atom stereocenters. The van der Waals surface area contributed by atoms with Gasteiger partial charge >= 0.3 is 71.6 Å².